The zero-order valence-electron chi connectivity index (χ0n) is 16.2. The number of hydrogen-bond acceptors (Lipinski definition) is 5. The van der Waals surface area contributed by atoms with Crippen LogP contribution in [-0.4, -0.2) is 51.1 Å². The van der Waals surface area contributed by atoms with Gasteiger partial charge in [0.05, 0.1) is 12.7 Å². The highest BCUT2D eigenvalue weighted by atomic mass is 19.2. The number of hydrogen-bond donors (Lipinski definition) is 1. The minimum absolute atomic E-state index is 0.0585. The van der Waals surface area contributed by atoms with Gasteiger partial charge in [0, 0.05) is 20.3 Å². The summed E-state index contributed by atoms with van der Waals surface area (Å²) in [6.07, 6.45) is 3.05. The molecule has 4 rings (SSSR count). The van der Waals surface area contributed by atoms with Crippen LogP contribution in [0.25, 0.3) is 0 Å². The number of aryl methyl sites for hydroxylation is 1. The molecule has 11 heteroatoms. The topological polar surface area (TPSA) is 94.3 Å². The van der Waals surface area contributed by atoms with Crippen LogP contribution in [0.1, 0.15) is 16.1 Å². The summed E-state index contributed by atoms with van der Waals surface area (Å²) < 4.78 is 35.0. The molecule has 0 saturated carbocycles. The highest BCUT2D eigenvalue weighted by Gasteiger charge is 2.32. The number of rotatable bonds is 4. The predicted octanol–water partition coefficient (Wildman–Crippen LogP) is 1.10. The number of benzene rings is 1. The van der Waals surface area contributed by atoms with E-state index in [1.165, 1.54) is 38.8 Å². The monoisotopic (exact) mass is 416 g/mol. The number of halogens is 2. The molecule has 2 amide bonds. The summed E-state index contributed by atoms with van der Waals surface area (Å²) in [4.78, 5) is 26.6. The molecule has 0 unspecified atom stereocenters. The number of ether oxygens (including phenoxy) is 1. The molecular formula is C19H18F2N6O3. The van der Waals surface area contributed by atoms with E-state index < -0.39 is 23.6 Å². The number of nitrogens with zero attached hydrogens (tertiary/aromatic N) is 5. The van der Waals surface area contributed by atoms with Crippen molar-refractivity contribution < 1.29 is 23.1 Å². The molecule has 0 fully saturated rings. The Hall–Kier alpha value is -3.76. The van der Waals surface area contributed by atoms with E-state index in [4.69, 9.17) is 4.74 Å². The molecule has 1 aliphatic heterocycles. The summed E-state index contributed by atoms with van der Waals surface area (Å²) >= 11 is 0. The summed E-state index contributed by atoms with van der Waals surface area (Å²) in [6, 6.07) is 4.10. The zero-order valence-corrected chi connectivity index (χ0v) is 16.2. The Morgan fingerprint density at radius 2 is 2.07 bits per heavy atom. The summed E-state index contributed by atoms with van der Waals surface area (Å²) in [5.41, 5.74) is 1.08. The van der Waals surface area contributed by atoms with Gasteiger partial charge in [0.2, 0.25) is 5.88 Å². The van der Waals surface area contributed by atoms with E-state index in [0.717, 1.165) is 12.1 Å². The molecule has 156 valence electrons. The molecule has 2 aromatic heterocycles. The fourth-order valence-corrected chi connectivity index (χ4v) is 3.13. The smallest absolute Gasteiger partial charge is 0.272 e. The van der Waals surface area contributed by atoms with E-state index in [2.05, 4.69) is 15.5 Å². The van der Waals surface area contributed by atoms with Crippen molar-refractivity contribution in [2.24, 2.45) is 7.05 Å². The van der Waals surface area contributed by atoms with Gasteiger partial charge in [-0.1, -0.05) is 6.07 Å². The normalized spacial score (nSPS) is 16.1. The molecule has 1 aromatic carbocycles. The quantitative estimate of drug-likeness (QED) is 0.687. The lowest BCUT2D eigenvalue weighted by Gasteiger charge is -2.19. The maximum absolute atomic E-state index is 13.4. The lowest BCUT2D eigenvalue weighted by atomic mass is 10.2. The molecule has 1 atom stereocenters. The second-order valence-electron chi connectivity index (χ2n) is 6.84. The van der Waals surface area contributed by atoms with Gasteiger partial charge in [-0.2, -0.15) is 10.2 Å². The lowest BCUT2D eigenvalue weighted by molar-refractivity contribution is -0.120. The van der Waals surface area contributed by atoms with Gasteiger partial charge >= 0.3 is 0 Å². The Balaban J connectivity index is 1.44. The van der Waals surface area contributed by atoms with E-state index in [-0.39, 0.29) is 24.8 Å². The SMILES string of the molecule is CN1C(=O)[C@@H](NC(=O)c2ccn(Cc3ccc(F)c(F)c3)n2)COc2c1cnn2C. The van der Waals surface area contributed by atoms with Crippen LogP contribution in [0.4, 0.5) is 14.5 Å². The van der Waals surface area contributed by atoms with Gasteiger partial charge < -0.3 is 15.0 Å². The fourth-order valence-electron chi connectivity index (χ4n) is 3.13. The zero-order chi connectivity index (χ0) is 21.4. The first-order valence-electron chi connectivity index (χ1n) is 9.04. The Kier molecular flexibility index (Phi) is 4.94. The van der Waals surface area contributed by atoms with Crippen LogP contribution in [0.2, 0.25) is 0 Å². The Morgan fingerprint density at radius 1 is 1.27 bits per heavy atom. The van der Waals surface area contributed by atoms with Crippen molar-refractivity contribution in [2.75, 3.05) is 18.6 Å². The lowest BCUT2D eigenvalue weighted by Crippen LogP contribution is -2.49. The maximum atomic E-state index is 13.4. The molecule has 1 aliphatic rings. The minimum Gasteiger partial charge on any atom is -0.474 e. The molecule has 3 aromatic rings. The van der Waals surface area contributed by atoms with Crippen molar-refractivity contribution in [1.29, 1.82) is 0 Å². The van der Waals surface area contributed by atoms with Gasteiger partial charge in [0.15, 0.2) is 11.6 Å². The third kappa shape index (κ3) is 3.61. The predicted molar refractivity (Wildman–Crippen MR) is 101 cm³/mol. The van der Waals surface area contributed by atoms with Gasteiger partial charge in [-0.25, -0.2) is 13.5 Å². The molecule has 1 N–H and O–H groups in total. The third-order valence-electron chi connectivity index (χ3n) is 4.75. The van der Waals surface area contributed by atoms with Crippen molar-refractivity contribution in [3.63, 3.8) is 0 Å². The summed E-state index contributed by atoms with van der Waals surface area (Å²) in [5.74, 6) is -2.37. The van der Waals surface area contributed by atoms with E-state index >= 15 is 0 Å². The van der Waals surface area contributed by atoms with Crippen LogP contribution in [-0.2, 0) is 18.4 Å². The van der Waals surface area contributed by atoms with Crippen LogP contribution in [0.15, 0.2) is 36.7 Å². The number of nitrogens with one attached hydrogen (secondary N) is 1. The molecule has 3 heterocycles. The standard InChI is InChI=1S/C19H18F2N6O3/c1-25-16-8-22-26(2)19(16)30-10-15(18(25)29)23-17(28)14-5-6-27(24-14)9-11-3-4-12(20)13(21)7-11/h3-8,15H,9-10H2,1-2H3,(H,23,28)/t15-/m0/s1. The van der Waals surface area contributed by atoms with Gasteiger partial charge in [0.1, 0.15) is 24.0 Å². The van der Waals surface area contributed by atoms with E-state index in [1.807, 2.05) is 0 Å². The van der Waals surface area contributed by atoms with Crippen molar-refractivity contribution in [2.45, 2.75) is 12.6 Å². The van der Waals surface area contributed by atoms with Gasteiger partial charge in [0.25, 0.3) is 11.8 Å². The van der Waals surface area contributed by atoms with Crippen LogP contribution in [0, 0.1) is 11.6 Å². The molecule has 9 nitrogen and oxygen atoms in total. The minimum atomic E-state index is -0.954. The maximum Gasteiger partial charge on any atom is 0.272 e. The number of likely N-dealkylation sites (N-methyl/N-ethyl adjacent to an activating group) is 1. The van der Waals surface area contributed by atoms with Crippen molar-refractivity contribution in [1.82, 2.24) is 24.9 Å². The van der Waals surface area contributed by atoms with Crippen LogP contribution < -0.4 is 15.0 Å². The number of anilines is 1. The summed E-state index contributed by atoms with van der Waals surface area (Å²) in [6.45, 7) is 0.0952. The summed E-state index contributed by atoms with van der Waals surface area (Å²) in [5, 5.41) is 10.8. The molecule has 0 bridgehead atoms. The van der Waals surface area contributed by atoms with Gasteiger partial charge in [-0.15, -0.1) is 0 Å². The van der Waals surface area contributed by atoms with E-state index in [9.17, 15) is 18.4 Å². The van der Waals surface area contributed by atoms with Crippen molar-refractivity contribution in [3.8, 4) is 5.88 Å². The third-order valence-corrected chi connectivity index (χ3v) is 4.75. The summed E-state index contributed by atoms with van der Waals surface area (Å²) in [7, 11) is 3.27. The first-order valence-corrected chi connectivity index (χ1v) is 9.04. The second-order valence-corrected chi connectivity index (χ2v) is 6.84. The number of carbonyl (C=O) groups excluding carboxylic acids is 2. The van der Waals surface area contributed by atoms with Crippen LogP contribution in [0.3, 0.4) is 0 Å². The van der Waals surface area contributed by atoms with Crippen LogP contribution in [0.5, 0.6) is 5.88 Å². The van der Waals surface area contributed by atoms with Crippen LogP contribution >= 0.6 is 0 Å². The highest BCUT2D eigenvalue weighted by molar-refractivity contribution is 6.02. The molecular weight excluding hydrogens is 398 g/mol. The number of aromatic nitrogens is 4. The number of carbonyl (C=O) groups is 2. The highest BCUT2D eigenvalue weighted by Crippen LogP contribution is 2.29. The molecule has 0 radical (unpaired) electrons. The average molecular weight is 416 g/mol. The number of fused-ring (bicyclic) bond motifs is 1. The average Bonchev–Trinajstić information content (AvgIpc) is 3.31. The first kappa shape index (κ1) is 19.6. The van der Waals surface area contributed by atoms with Gasteiger partial charge in [-0.05, 0) is 23.8 Å². The van der Waals surface area contributed by atoms with Gasteiger partial charge in [-0.3, -0.25) is 14.3 Å². The largest absolute Gasteiger partial charge is 0.474 e. The van der Waals surface area contributed by atoms with Crippen molar-refractivity contribution >= 4 is 17.5 Å². The van der Waals surface area contributed by atoms with Crippen molar-refractivity contribution in [3.05, 3.63) is 59.6 Å². The molecule has 0 saturated heterocycles. The first-order chi connectivity index (χ1) is 14.3. The Bertz CT molecular complexity index is 1130. The molecule has 0 spiro atoms. The van der Waals surface area contributed by atoms with E-state index in [1.54, 1.807) is 14.1 Å². The van der Waals surface area contributed by atoms with E-state index in [0.29, 0.717) is 17.1 Å². The second kappa shape index (κ2) is 7.58. The fraction of sp³-hybridized carbons (Fsp3) is 0.263. The number of amides is 2. The Morgan fingerprint density at radius 3 is 2.83 bits per heavy atom. The Labute approximate surface area is 169 Å². The molecule has 30 heavy (non-hydrogen) atoms. The molecule has 0 aliphatic carbocycles.